The Morgan fingerprint density at radius 2 is 1.75 bits per heavy atom. The Labute approximate surface area is 278 Å². The summed E-state index contributed by atoms with van der Waals surface area (Å²) in [7, 11) is 3.80. The molecule has 48 heavy (non-hydrogen) atoms. The predicted molar refractivity (Wildman–Crippen MR) is 181 cm³/mol. The molecule has 2 aromatic heterocycles. The van der Waals surface area contributed by atoms with Gasteiger partial charge in [-0.1, -0.05) is 6.92 Å². The minimum Gasteiger partial charge on any atom is -0.494 e. The van der Waals surface area contributed by atoms with Crippen LogP contribution in [0.2, 0.25) is 0 Å². The molecule has 1 aliphatic rings. The number of carbonyl (C=O) groups is 1. The lowest BCUT2D eigenvalue weighted by Crippen LogP contribution is -2.46. The quantitative estimate of drug-likeness (QED) is 0.180. The van der Waals surface area contributed by atoms with Crippen molar-refractivity contribution in [1.82, 2.24) is 9.88 Å². The first-order valence-electron chi connectivity index (χ1n) is 15.6. The Kier molecular flexibility index (Phi) is 9.87. The number of nitrogens with two attached hydrogens (primary N) is 1. The summed E-state index contributed by atoms with van der Waals surface area (Å²) in [5.74, 6) is -3.06. The van der Waals surface area contributed by atoms with Gasteiger partial charge in [0.05, 0.1) is 43.0 Å². The van der Waals surface area contributed by atoms with Gasteiger partial charge in [-0.15, -0.1) is 0 Å². The zero-order valence-electron chi connectivity index (χ0n) is 28.2. The van der Waals surface area contributed by atoms with Gasteiger partial charge in [0.2, 0.25) is 0 Å². The molecule has 5 rings (SSSR count). The minimum atomic E-state index is -2.04. The molecule has 0 aliphatic carbocycles. The number of piperazine rings is 1. The number of furan rings is 1. The van der Waals surface area contributed by atoms with Gasteiger partial charge < -0.3 is 44.6 Å². The summed E-state index contributed by atoms with van der Waals surface area (Å²) in [5, 5.41) is 15.0. The van der Waals surface area contributed by atoms with E-state index in [0.717, 1.165) is 49.4 Å². The number of carbonyl (C=O) groups excluding carboxylic acids is 1. The first-order chi connectivity index (χ1) is 22.8. The molecule has 0 saturated carbocycles. The van der Waals surface area contributed by atoms with Crippen LogP contribution in [0.4, 0.5) is 42.1 Å². The Morgan fingerprint density at radius 1 is 1.10 bits per heavy atom. The number of nitrogen functional groups attached to an aromatic ring is 1. The normalized spacial score (nSPS) is 14.6. The van der Waals surface area contributed by atoms with E-state index in [4.69, 9.17) is 24.4 Å². The molecule has 4 aromatic rings. The van der Waals surface area contributed by atoms with E-state index in [0.29, 0.717) is 22.6 Å². The highest BCUT2D eigenvalue weighted by Crippen LogP contribution is 2.44. The average molecular weight is 669 g/mol. The molecule has 14 heteroatoms. The van der Waals surface area contributed by atoms with Gasteiger partial charge in [0.1, 0.15) is 17.5 Å². The maximum absolute atomic E-state index is 15.5. The topological polar surface area (TPSA) is 139 Å². The lowest BCUT2D eigenvalue weighted by Gasteiger charge is -2.35. The largest absolute Gasteiger partial charge is 0.494 e. The monoisotopic (exact) mass is 668 g/mol. The molecule has 3 heterocycles. The summed E-state index contributed by atoms with van der Waals surface area (Å²) in [6.45, 7) is 12.0. The Hall–Kier alpha value is -4.82. The van der Waals surface area contributed by atoms with Crippen LogP contribution in [0, 0.1) is 11.6 Å². The van der Waals surface area contributed by atoms with E-state index in [9.17, 15) is 9.90 Å². The van der Waals surface area contributed by atoms with Crippen molar-refractivity contribution in [3.8, 4) is 11.5 Å². The average Bonchev–Trinajstić information content (AvgIpc) is 3.43. The third kappa shape index (κ3) is 6.90. The van der Waals surface area contributed by atoms with Crippen molar-refractivity contribution >= 4 is 45.6 Å². The Morgan fingerprint density at radius 3 is 2.31 bits per heavy atom. The van der Waals surface area contributed by atoms with Crippen molar-refractivity contribution in [2.45, 2.75) is 39.4 Å². The summed E-state index contributed by atoms with van der Waals surface area (Å²) in [6.07, 6.45) is -1.47. The predicted octanol–water partition coefficient (Wildman–Crippen LogP) is 6.04. The molecule has 12 nitrogen and oxygen atoms in total. The van der Waals surface area contributed by atoms with Crippen LogP contribution in [0.15, 0.2) is 40.9 Å². The van der Waals surface area contributed by atoms with E-state index in [1.807, 2.05) is 18.2 Å². The maximum atomic E-state index is 15.5. The number of halogens is 2. The van der Waals surface area contributed by atoms with Crippen molar-refractivity contribution in [2.75, 3.05) is 74.8 Å². The number of aliphatic hydroxyl groups is 1. The van der Waals surface area contributed by atoms with Crippen LogP contribution in [0.5, 0.6) is 11.5 Å². The van der Waals surface area contributed by atoms with Crippen molar-refractivity contribution in [3.63, 3.8) is 0 Å². The zero-order valence-corrected chi connectivity index (χ0v) is 28.2. The third-order valence-corrected chi connectivity index (χ3v) is 8.19. The molecule has 0 spiro atoms. The molecular weight excluding hydrogens is 626 g/mol. The van der Waals surface area contributed by atoms with Crippen molar-refractivity contribution in [2.24, 2.45) is 0 Å². The highest BCUT2D eigenvalue weighted by Gasteiger charge is 2.35. The number of aliphatic hydroxyl groups excluding tert-OH is 1. The van der Waals surface area contributed by atoms with E-state index >= 15 is 8.78 Å². The number of pyridine rings is 1. The number of likely N-dealkylation sites (N-methyl/N-ethyl adjacent to an activating group) is 1. The molecule has 0 bridgehead atoms. The zero-order chi connectivity index (χ0) is 34.9. The third-order valence-electron chi connectivity index (χ3n) is 8.19. The number of rotatable bonds is 9. The van der Waals surface area contributed by atoms with E-state index in [-0.39, 0.29) is 28.5 Å². The molecular formula is C34H42F2N6O6. The highest BCUT2D eigenvalue weighted by atomic mass is 19.1. The Bertz CT molecular complexity index is 1770. The molecule has 0 radical (unpaired) electrons. The van der Waals surface area contributed by atoms with E-state index < -0.39 is 35.0 Å². The number of anilines is 5. The molecule has 1 atom stereocenters. The summed E-state index contributed by atoms with van der Waals surface area (Å²) in [4.78, 5) is 23.5. The molecule has 1 fully saturated rings. The number of hydrogen-bond acceptors (Lipinski definition) is 11. The number of nitrogens with one attached hydrogen (secondary N) is 1. The molecule has 1 saturated heterocycles. The fourth-order valence-corrected chi connectivity index (χ4v) is 5.63. The van der Waals surface area contributed by atoms with E-state index in [1.165, 1.54) is 27.5 Å². The van der Waals surface area contributed by atoms with Crippen LogP contribution in [-0.2, 0) is 4.74 Å². The van der Waals surface area contributed by atoms with Gasteiger partial charge >= 0.3 is 6.09 Å². The summed E-state index contributed by atoms with van der Waals surface area (Å²) >= 11 is 0. The number of nitrogens with zero attached hydrogens (tertiary/aromatic N) is 4. The minimum absolute atomic E-state index is 0.00679. The molecule has 2 aromatic carbocycles. The summed E-state index contributed by atoms with van der Waals surface area (Å²) in [5.41, 5.74) is 7.04. The van der Waals surface area contributed by atoms with Gasteiger partial charge in [0.25, 0.3) is 0 Å². The van der Waals surface area contributed by atoms with Crippen LogP contribution in [0.3, 0.4) is 0 Å². The second-order valence-electron chi connectivity index (χ2n) is 12.5. The van der Waals surface area contributed by atoms with Gasteiger partial charge in [0, 0.05) is 50.4 Å². The first kappa shape index (κ1) is 34.5. The second kappa shape index (κ2) is 13.7. The molecule has 258 valence electrons. The van der Waals surface area contributed by atoms with Gasteiger partial charge in [0.15, 0.2) is 34.5 Å². The van der Waals surface area contributed by atoms with Crippen LogP contribution in [0.25, 0.3) is 11.0 Å². The first-order valence-corrected chi connectivity index (χ1v) is 15.6. The van der Waals surface area contributed by atoms with Crippen LogP contribution in [-0.4, -0.2) is 80.7 Å². The van der Waals surface area contributed by atoms with Crippen molar-refractivity contribution in [3.05, 3.63) is 59.5 Å². The van der Waals surface area contributed by atoms with E-state index in [1.54, 1.807) is 26.8 Å². The maximum Gasteiger partial charge on any atom is 0.414 e. The number of aromatic nitrogens is 1. The second-order valence-corrected chi connectivity index (χ2v) is 12.5. The highest BCUT2D eigenvalue weighted by molar-refractivity contribution is 6.02. The van der Waals surface area contributed by atoms with Crippen molar-refractivity contribution in [1.29, 1.82) is 0 Å². The summed E-state index contributed by atoms with van der Waals surface area (Å²) in [6, 6.07) is 8.37. The van der Waals surface area contributed by atoms with Crippen LogP contribution < -0.4 is 30.3 Å². The molecule has 1 unspecified atom stereocenters. The number of fused-ring (bicyclic) bond motifs is 1. The lowest BCUT2D eigenvalue weighted by molar-refractivity contribution is 0.0588. The lowest BCUT2D eigenvalue weighted by atomic mass is 10.0. The van der Waals surface area contributed by atoms with Gasteiger partial charge in [-0.3, -0.25) is 4.90 Å². The number of methoxy groups -OCH3 is 2. The molecule has 1 amide bonds. The van der Waals surface area contributed by atoms with Crippen molar-refractivity contribution < 1.29 is 37.3 Å². The molecule has 1 aliphatic heterocycles. The van der Waals surface area contributed by atoms with E-state index in [2.05, 4.69) is 27.0 Å². The SMILES string of the molecule is CCN1CCN(c2ccc(Nc3cc4c(N(C)C(=O)OC(C)(C)C)c(C(O)c5c(F)c(OC)cc(OC)c5F)oc4cn3)c(N)c2)CC1. The Balaban J connectivity index is 1.55. The number of benzene rings is 2. The number of amides is 1. The van der Waals surface area contributed by atoms with Gasteiger partial charge in [-0.25, -0.2) is 18.6 Å². The molecule has 4 N–H and O–H groups in total. The number of ether oxygens (including phenoxy) is 3. The smallest absolute Gasteiger partial charge is 0.414 e. The van der Waals surface area contributed by atoms with Gasteiger partial charge in [-0.05, 0) is 51.6 Å². The number of hydrogen-bond donors (Lipinski definition) is 3. The fraction of sp³-hybridized carbons (Fsp3) is 0.412. The fourth-order valence-electron chi connectivity index (χ4n) is 5.63. The van der Waals surface area contributed by atoms with Crippen LogP contribution >= 0.6 is 0 Å². The summed E-state index contributed by atoms with van der Waals surface area (Å²) < 4.78 is 52.7. The standard InChI is InChI=1S/C34H42F2N6O6/c1-8-41-11-13-42(14-12-41)19-9-10-22(21(37)15-19)39-26-16-20-25(18-38-26)47-32(30(20)40(5)33(44)48-34(2,3)4)31(43)27-28(35)23(45-6)17-24(46-7)29(27)36/h9-10,15-18,31,43H,8,11-14,37H2,1-7H3,(H,38,39). The van der Waals surface area contributed by atoms with Crippen LogP contribution in [0.1, 0.15) is 45.1 Å². The van der Waals surface area contributed by atoms with Gasteiger partial charge in [-0.2, -0.15) is 0 Å².